The van der Waals surface area contributed by atoms with Crippen LogP contribution >= 0.6 is 0 Å². The van der Waals surface area contributed by atoms with Gasteiger partial charge in [-0.2, -0.15) is 0 Å². The quantitative estimate of drug-likeness (QED) is 0.842. The molecule has 0 aliphatic carbocycles. The number of anilines is 1. The van der Waals surface area contributed by atoms with E-state index in [0.717, 1.165) is 30.3 Å². The minimum absolute atomic E-state index is 0.372. The highest BCUT2D eigenvalue weighted by Crippen LogP contribution is 2.26. The van der Waals surface area contributed by atoms with Gasteiger partial charge in [-0.1, -0.05) is 34.6 Å². The van der Waals surface area contributed by atoms with Crippen LogP contribution in [0.4, 0.5) is 5.82 Å². The van der Waals surface area contributed by atoms with Crippen molar-refractivity contribution in [2.45, 2.75) is 59.8 Å². The second kappa shape index (κ2) is 5.99. The number of aryl methyl sites for hydroxylation is 1. The van der Waals surface area contributed by atoms with Gasteiger partial charge in [0.1, 0.15) is 11.6 Å². The number of hydrogen-bond acceptors (Lipinski definition) is 3. The smallest absolute Gasteiger partial charge is 0.133 e. The molecule has 0 saturated heterocycles. The number of nitrogens with one attached hydrogen (secondary N) is 1. The van der Waals surface area contributed by atoms with E-state index in [0.29, 0.717) is 11.8 Å². The van der Waals surface area contributed by atoms with Gasteiger partial charge in [0.15, 0.2) is 0 Å². The number of hydrogen-bond donors (Lipinski definition) is 1. The van der Waals surface area contributed by atoms with Crippen molar-refractivity contribution in [2.24, 2.45) is 0 Å². The maximum absolute atomic E-state index is 4.67. The molecule has 3 nitrogen and oxygen atoms in total. The fourth-order valence-corrected chi connectivity index (χ4v) is 1.93. The van der Waals surface area contributed by atoms with Crippen LogP contribution in [-0.2, 0) is 0 Å². The molecule has 3 heteroatoms. The molecular formula is C14H25N3. The van der Waals surface area contributed by atoms with Crippen molar-refractivity contribution in [3.8, 4) is 0 Å². The summed E-state index contributed by atoms with van der Waals surface area (Å²) in [6, 6.07) is 0. The highest BCUT2D eigenvalue weighted by atomic mass is 15.0. The molecule has 0 aliphatic rings. The first-order chi connectivity index (χ1) is 7.97. The summed E-state index contributed by atoms with van der Waals surface area (Å²) in [5.74, 6) is 2.79. The minimum atomic E-state index is 0.372. The third-order valence-corrected chi connectivity index (χ3v) is 2.79. The minimum Gasteiger partial charge on any atom is -0.370 e. The van der Waals surface area contributed by atoms with E-state index < -0.39 is 0 Å². The van der Waals surface area contributed by atoms with E-state index in [1.54, 1.807) is 0 Å². The van der Waals surface area contributed by atoms with Crippen molar-refractivity contribution in [2.75, 3.05) is 11.9 Å². The molecule has 0 radical (unpaired) electrons. The molecular weight excluding hydrogens is 210 g/mol. The van der Waals surface area contributed by atoms with E-state index >= 15 is 0 Å². The van der Waals surface area contributed by atoms with Gasteiger partial charge in [-0.15, -0.1) is 0 Å². The van der Waals surface area contributed by atoms with Crippen LogP contribution in [0.2, 0.25) is 0 Å². The number of aromatic nitrogens is 2. The van der Waals surface area contributed by atoms with Crippen molar-refractivity contribution in [3.63, 3.8) is 0 Å². The van der Waals surface area contributed by atoms with E-state index in [2.05, 4.69) is 56.8 Å². The molecule has 0 bridgehead atoms. The molecule has 1 rings (SSSR count). The Morgan fingerprint density at radius 3 is 2.18 bits per heavy atom. The molecule has 0 amide bonds. The second-order valence-corrected chi connectivity index (χ2v) is 5.17. The van der Waals surface area contributed by atoms with Crippen molar-refractivity contribution in [1.82, 2.24) is 9.97 Å². The van der Waals surface area contributed by atoms with Gasteiger partial charge in [0.25, 0.3) is 0 Å². The zero-order valence-corrected chi connectivity index (χ0v) is 12.0. The zero-order chi connectivity index (χ0) is 13.0. The molecule has 1 heterocycles. The molecule has 0 aliphatic heterocycles. The highest BCUT2D eigenvalue weighted by Gasteiger charge is 2.15. The molecule has 0 aromatic carbocycles. The highest BCUT2D eigenvalue weighted by molar-refractivity contribution is 5.48. The topological polar surface area (TPSA) is 37.8 Å². The summed E-state index contributed by atoms with van der Waals surface area (Å²) >= 11 is 0. The molecule has 1 N–H and O–H groups in total. The zero-order valence-electron chi connectivity index (χ0n) is 12.0. The molecule has 0 atom stereocenters. The van der Waals surface area contributed by atoms with Crippen molar-refractivity contribution in [1.29, 1.82) is 0 Å². The summed E-state index contributed by atoms with van der Waals surface area (Å²) < 4.78 is 0. The summed E-state index contributed by atoms with van der Waals surface area (Å²) in [4.78, 5) is 9.28. The largest absolute Gasteiger partial charge is 0.370 e. The standard InChI is InChI=1S/C14H25N3/c1-7-8-15-14-12(9(2)3)11(6)16-13(17-14)10(4)5/h9-10H,7-8H2,1-6H3,(H,15,16,17). The molecule has 17 heavy (non-hydrogen) atoms. The fourth-order valence-electron chi connectivity index (χ4n) is 1.93. The maximum atomic E-state index is 4.67. The van der Waals surface area contributed by atoms with Gasteiger partial charge in [-0.05, 0) is 19.3 Å². The number of nitrogens with zero attached hydrogens (tertiary/aromatic N) is 2. The first-order valence-corrected chi connectivity index (χ1v) is 6.59. The third kappa shape index (κ3) is 3.42. The Kier molecular flexibility index (Phi) is 4.91. The van der Waals surface area contributed by atoms with Crippen LogP contribution in [0.1, 0.15) is 70.0 Å². The molecule has 0 saturated carbocycles. The Morgan fingerprint density at radius 2 is 1.71 bits per heavy atom. The van der Waals surface area contributed by atoms with Gasteiger partial charge in [0, 0.05) is 23.7 Å². The van der Waals surface area contributed by atoms with E-state index in [4.69, 9.17) is 0 Å². The first-order valence-electron chi connectivity index (χ1n) is 6.59. The summed E-state index contributed by atoms with van der Waals surface area (Å²) in [6.45, 7) is 13.9. The van der Waals surface area contributed by atoms with Gasteiger partial charge in [-0.3, -0.25) is 0 Å². The Balaban J connectivity index is 3.19. The predicted molar refractivity (Wildman–Crippen MR) is 73.7 cm³/mol. The Bertz CT molecular complexity index is 370. The van der Waals surface area contributed by atoms with Gasteiger partial charge < -0.3 is 5.32 Å². The van der Waals surface area contributed by atoms with Crippen LogP contribution < -0.4 is 5.32 Å². The lowest BCUT2D eigenvalue weighted by molar-refractivity contribution is 0.741. The van der Waals surface area contributed by atoms with Crippen molar-refractivity contribution in [3.05, 3.63) is 17.1 Å². The van der Waals surface area contributed by atoms with Crippen LogP contribution in [0.25, 0.3) is 0 Å². The summed E-state index contributed by atoms with van der Waals surface area (Å²) in [6.07, 6.45) is 1.11. The number of rotatable bonds is 5. The van der Waals surface area contributed by atoms with Crippen LogP contribution in [0.15, 0.2) is 0 Å². The van der Waals surface area contributed by atoms with Gasteiger partial charge in [-0.25, -0.2) is 9.97 Å². The van der Waals surface area contributed by atoms with Crippen LogP contribution in [0.5, 0.6) is 0 Å². The van der Waals surface area contributed by atoms with E-state index in [9.17, 15) is 0 Å². The van der Waals surface area contributed by atoms with Gasteiger partial charge >= 0.3 is 0 Å². The van der Waals surface area contributed by atoms with Gasteiger partial charge in [0.2, 0.25) is 0 Å². The first kappa shape index (κ1) is 13.9. The normalized spacial score (nSPS) is 11.3. The molecule has 0 fully saturated rings. The monoisotopic (exact) mass is 235 g/mol. The maximum Gasteiger partial charge on any atom is 0.133 e. The van der Waals surface area contributed by atoms with Crippen LogP contribution in [0, 0.1) is 6.92 Å². The molecule has 0 spiro atoms. The van der Waals surface area contributed by atoms with Crippen molar-refractivity contribution < 1.29 is 0 Å². The molecule has 1 aromatic rings. The van der Waals surface area contributed by atoms with Gasteiger partial charge in [0.05, 0.1) is 0 Å². The molecule has 0 unspecified atom stereocenters. The second-order valence-electron chi connectivity index (χ2n) is 5.17. The summed E-state index contributed by atoms with van der Waals surface area (Å²) in [5.41, 5.74) is 2.36. The lowest BCUT2D eigenvalue weighted by Crippen LogP contribution is -2.12. The summed E-state index contributed by atoms with van der Waals surface area (Å²) in [5, 5.41) is 3.43. The van der Waals surface area contributed by atoms with Crippen LogP contribution in [0.3, 0.4) is 0 Å². The third-order valence-electron chi connectivity index (χ3n) is 2.79. The average Bonchev–Trinajstić information content (AvgIpc) is 2.24. The van der Waals surface area contributed by atoms with Crippen molar-refractivity contribution >= 4 is 5.82 Å². The summed E-state index contributed by atoms with van der Waals surface area (Å²) in [7, 11) is 0. The Morgan fingerprint density at radius 1 is 1.06 bits per heavy atom. The lowest BCUT2D eigenvalue weighted by Gasteiger charge is -2.18. The van der Waals surface area contributed by atoms with E-state index in [1.807, 2.05) is 0 Å². The Labute approximate surface area is 105 Å². The molecule has 96 valence electrons. The fraction of sp³-hybridized carbons (Fsp3) is 0.714. The molecule has 1 aromatic heterocycles. The SMILES string of the molecule is CCCNc1nc(C(C)C)nc(C)c1C(C)C. The average molecular weight is 235 g/mol. The van der Waals surface area contributed by atoms with E-state index in [1.165, 1.54) is 5.56 Å². The predicted octanol–water partition coefficient (Wildman–Crippen LogP) is 3.85. The van der Waals surface area contributed by atoms with E-state index in [-0.39, 0.29) is 0 Å². The lowest BCUT2D eigenvalue weighted by atomic mass is 10.0. The Hall–Kier alpha value is -1.12. The van der Waals surface area contributed by atoms with Crippen LogP contribution in [-0.4, -0.2) is 16.5 Å².